The molecule has 2 aliphatic rings. The molecule has 0 unspecified atom stereocenters. The highest BCUT2D eigenvalue weighted by molar-refractivity contribution is 5.85. The number of carbonyl (C=O) groups is 2. The van der Waals surface area contributed by atoms with Gasteiger partial charge in [-0.25, -0.2) is 4.79 Å². The number of quaternary nitrogens is 1. The summed E-state index contributed by atoms with van der Waals surface area (Å²) < 4.78 is 15.9. The lowest BCUT2D eigenvalue weighted by molar-refractivity contribution is -0.856. The van der Waals surface area contributed by atoms with E-state index in [4.69, 9.17) is 14.2 Å². The molecule has 2 amide bonds. The van der Waals surface area contributed by atoms with Crippen LogP contribution < -0.4 is 20.3 Å². The molecular weight excluding hydrogens is 350 g/mol. The minimum Gasteiger partial charge on any atom is -0.497 e. The zero-order valence-corrected chi connectivity index (χ0v) is 15.6. The van der Waals surface area contributed by atoms with Crippen LogP contribution in [0.5, 0.6) is 5.75 Å². The van der Waals surface area contributed by atoms with Crippen LogP contribution in [0.2, 0.25) is 0 Å². The number of methoxy groups -OCH3 is 1. The molecule has 1 aromatic carbocycles. The van der Waals surface area contributed by atoms with Crippen LogP contribution in [0.4, 0.5) is 4.79 Å². The van der Waals surface area contributed by atoms with Crippen molar-refractivity contribution in [2.75, 3.05) is 40.0 Å². The van der Waals surface area contributed by atoms with Gasteiger partial charge in [0.25, 0.3) is 0 Å². The fourth-order valence-corrected chi connectivity index (χ4v) is 3.35. The van der Waals surface area contributed by atoms with E-state index in [1.54, 1.807) is 14.0 Å². The number of amides is 2. The molecule has 1 aromatic rings. The van der Waals surface area contributed by atoms with E-state index in [-0.39, 0.29) is 18.6 Å². The number of morpholine rings is 1. The zero-order chi connectivity index (χ0) is 19.2. The molecule has 0 radical (unpaired) electrons. The minimum atomic E-state index is -0.647. The summed E-state index contributed by atoms with van der Waals surface area (Å²) >= 11 is 0. The van der Waals surface area contributed by atoms with Gasteiger partial charge in [-0.3, -0.25) is 4.79 Å². The van der Waals surface area contributed by atoms with Gasteiger partial charge in [0.2, 0.25) is 0 Å². The maximum Gasteiger partial charge on any atom is 0.319 e. The molecule has 2 aliphatic heterocycles. The molecule has 2 atom stereocenters. The summed E-state index contributed by atoms with van der Waals surface area (Å²) in [6.07, 6.45) is 1.92. The Morgan fingerprint density at radius 2 is 2.00 bits per heavy atom. The van der Waals surface area contributed by atoms with Crippen LogP contribution >= 0.6 is 0 Å². The Labute approximate surface area is 158 Å². The maximum atomic E-state index is 12.8. The molecule has 8 nitrogen and oxygen atoms in total. The van der Waals surface area contributed by atoms with Gasteiger partial charge in [0.05, 0.1) is 38.7 Å². The van der Waals surface area contributed by atoms with Crippen molar-refractivity contribution in [2.45, 2.75) is 13.0 Å². The van der Waals surface area contributed by atoms with Gasteiger partial charge in [-0.15, -0.1) is 0 Å². The number of nitrogens with one attached hydrogen (secondary N) is 3. The Morgan fingerprint density at radius 1 is 1.30 bits per heavy atom. The number of urea groups is 1. The van der Waals surface area contributed by atoms with Crippen molar-refractivity contribution in [3.05, 3.63) is 41.7 Å². The third-order valence-corrected chi connectivity index (χ3v) is 4.72. The Morgan fingerprint density at radius 3 is 2.63 bits per heavy atom. The minimum absolute atomic E-state index is 0.274. The number of benzene rings is 1. The second-order valence-electron chi connectivity index (χ2n) is 6.45. The molecule has 0 bridgehead atoms. The average molecular weight is 376 g/mol. The van der Waals surface area contributed by atoms with Gasteiger partial charge in [-0.2, -0.15) is 0 Å². The molecule has 27 heavy (non-hydrogen) atoms. The van der Waals surface area contributed by atoms with E-state index in [2.05, 4.69) is 10.6 Å². The summed E-state index contributed by atoms with van der Waals surface area (Å²) in [6, 6.07) is 6.46. The number of hydrogen-bond donors (Lipinski definition) is 3. The molecule has 3 N–H and O–H groups in total. The van der Waals surface area contributed by atoms with Gasteiger partial charge in [-0.05, 0) is 24.6 Å². The molecule has 2 saturated heterocycles. The summed E-state index contributed by atoms with van der Waals surface area (Å²) in [5.74, 6) is -0.309. The predicted molar refractivity (Wildman–Crippen MR) is 97.1 cm³/mol. The van der Waals surface area contributed by atoms with Crippen LogP contribution in [0.15, 0.2) is 36.2 Å². The van der Waals surface area contributed by atoms with Gasteiger partial charge >= 0.3 is 12.0 Å². The largest absolute Gasteiger partial charge is 0.497 e. The first-order chi connectivity index (χ1) is 13.1. The molecule has 0 saturated carbocycles. The molecule has 0 aromatic heterocycles. The van der Waals surface area contributed by atoms with Crippen molar-refractivity contribution in [3.63, 3.8) is 0 Å². The molecule has 2 fully saturated rings. The van der Waals surface area contributed by atoms with Crippen LogP contribution in [-0.4, -0.2) is 52.0 Å². The Hall–Kier alpha value is -2.58. The van der Waals surface area contributed by atoms with Gasteiger partial charge < -0.3 is 29.7 Å². The summed E-state index contributed by atoms with van der Waals surface area (Å²) in [5, 5.41) is 5.66. The molecule has 8 heteroatoms. The van der Waals surface area contributed by atoms with Crippen LogP contribution in [0.25, 0.3) is 0 Å². The number of esters is 1. The van der Waals surface area contributed by atoms with Crippen molar-refractivity contribution < 1.29 is 28.7 Å². The van der Waals surface area contributed by atoms with E-state index in [0.717, 1.165) is 23.6 Å². The SMILES string of the molecule is CCOC(=O)[C@H]1/C(=C\[NH+]2CCOCC2)NC(=O)N[C@H]1c1ccc(OC)cc1. The van der Waals surface area contributed by atoms with Crippen LogP contribution in [0.3, 0.4) is 0 Å². The molecule has 3 rings (SSSR count). The van der Waals surface area contributed by atoms with Gasteiger partial charge in [-0.1, -0.05) is 12.1 Å². The third kappa shape index (κ3) is 4.58. The Kier molecular flexibility index (Phi) is 6.31. The van der Waals surface area contributed by atoms with Crippen LogP contribution in [-0.2, 0) is 14.3 Å². The molecule has 0 spiro atoms. The van der Waals surface area contributed by atoms with Gasteiger partial charge in [0.1, 0.15) is 31.0 Å². The quantitative estimate of drug-likeness (QED) is 0.629. The lowest BCUT2D eigenvalue weighted by atomic mass is 9.88. The molecule has 0 aliphatic carbocycles. The molecule has 2 heterocycles. The fraction of sp³-hybridized carbons (Fsp3) is 0.474. The summed E-state index contributed by atoms with van der Waals surface area (Å²) in [5.41, 5.74) is 1.38. The normalized spacial score (nSPS) is 24.8. The Balaban J connectivity index is 1.94. The van der Waals surface area contributed by atoms with Crippen molar-refractivity contribution in [1.82, 2.24) is 10.6 Å². The lowest BCUT2D eigenvalue weighted by Gasteiger charge is -2.34. The number of carbonyl (C=O) groups excluding carboxylic acids is 2. The van der Waals surface area contributed by atoms with E-state index in [9.17, 15) is 9.59 Å². The fourth-order valence-electron chi connectivity index (χ4n) is 3.35. The topological polar surface area (TPSA) is 90.3 Å². The standard InChI is InChI=1S/C19H25N3O5/c1-3-27-18(23)16-15(12-22-8-10-26-11-9-22)20-19(24)21-17(16)13-4-6-14(25-2)7-5-13/h4-7,12,16-17H,3,8-11H2,1-2H3,(H2,20,21,24)/p+1/b15-12+/t16-,17-/m0/s1. The summed E-state index contributed by atoms with van der Waals surface area (Å²) in [4.78, 5) is 26.2. The number of ether oxygens (including phenoxy) is 3. The number of rotatable bonds is 5. The monoisotopic (exact) mass is 376 g/mol. The smallest absolute Gasteiger partial charge is 0.319 e. The summed E-state index contributed by atoms with van der Waals surface area (Å²) in [6.45, 7) is 4.92. The first-order valence-electron chi connectivity index (χ1n) is 9.14. The van der Waals surface area contributed by atoms with E-state index >= 15 is 0 Å². The highest BCUT2D eigenvalue weighted by atomic mass is 16.5. The highest BCUT2D eigenvalue weighted by Gasteiger charge is 2.41. The van der Waals surface area contributed by atoms with E-state index < -0.39 is 12.0 Å². The van der Waals surface area contributed by atoms with Gasteiger partial charge in [0.15, 0.2) is 0 Å². The summed E-state index contributed by atoms with van der Waals surface area (Å²) in [7, 11) is 1.59. The number of hydrogen-bond acceptors (Lipinski definition) is 5. The van der Waals surface area contributed by atoms with Crippen molar-refractivity contribution in [2.24, 2.45) is 5.92 Å². The first kappa shape index (κ1) is 19.2. The second kappa shape index (κ2) is 8.88. The van der Waals surface area contributed by atoms with Crippen molar-refractivity contribution in [1.29, 1.82) is 0 Å². The maximum absolute atomic E-state index is 12.8. The van der Waals surface area contributed by atoms with E-state index in [0.29, 0.717) is 24.7 Å². The van der Waals surface area contributed by atoms with Crippen molar-refractivity contribution >= 4 is 12.0 Å². The van der Waals surface area contributed by atoms with Crippen LogP contribution in [0.1, 0.15) is 18.5 Å². The second-order valence-corrected chi connectivity index (χ2v) is 6.45. The van der Waals surface area contributed by atoms with E-state index in [1.165, 1.54) is 0 Å². The third-order valence-electron chi connectivity index (χ3n) is 4.72. The predicted octanol–water partition coefficient (Wildman–Crippen LogP) is -0.0151. The highest BCUT2D eigenvalue weighted by Crippen LogP contribution is 2.31. The molecular formula is C19H26N3O5+. The van der Waals surface area contributed by atoms with Crippen molar-refractivity contribution in [3.8, 4) is 5.75 Å². The average Bonchev–Trinajstić information content (AvgIpc) is 2.68. The Bertz CT molecular complexity index is 698. The lowest BCUT2D eigenvalue weighted by Crippen LogP contribution is -3.10. The molecule has 146 valence electrons. The van der Waals surface area contributed by atoms with Crippen LogP contribution in [0, 0.1) is 5.92 Å². The first-order valence-corrected chi connectivity index (χ1v) is 9.14. The zero-order valence-electron chi connectivity index (χ0n) is 15.6. The van der Waals surface area contributed by atoms with Gasteiger partial charge in [0, 0.05) is 0 Å². The van der Waals surface area contributed by atoms with E-state index in [1.807, 2.05) is 30.5 Å².